The minimum Gasteiger partial charge on any atom is -0.508 e. The van der Waals surface area contributed by atoms with Crippen LogP contribution in [0.5, 0.6) is 17.2 Å². The molecule has 11 N–H and O–H groups in total. The molecule has 7 heterocycles. The average Bonchev–Trinajstić information content (AvgIpc) is 1.63. The summed E-state index contributed by atoms with van der Waals surface area (Å²) in [6.07, 6.45) is -6.47. The number of hydrogen-bond acceptors (Lipinski definition) is 25. The van der Waals surface area contributed by atoms with E-state index < -0.39 is 34.4 Å². The third-order valence-electron chi connectivity index (χ3n) is 17.3. The number of halogens is 7. The van der Waals surface area contributed by atoms with Crippen molar-refractivity contribution in [3.05, 3.63) is 264 Å². The molecule has 7 aromatic heterocycles. The second-order valence-electron chi connectivity index (χ2n) is 26.3. The Morgan fingerprint density at radius 1 is 0.516 bits per heavy atom. The van der Waals surface area contributed by atoms with Crippen LogP contribution in [0.2, 0.25) is 5.35 Å². The molecule has 0 spiro atoms. The molecular formula is C84H76ClF6N15O15S. The molecule has 17 aromatic rings. The first kappa shape index (κ1) is 92.3. The number of benzene rings is 10. The van der Waals surface area contributed by atoms with Gasteiger partial charge in [0.1, 0.15) is 28.0 Å². The molecule has 122 heavy (non-hydrogen) atoms. The van der Waals surface area contributed by atoms with Gasteiger partial charge >= 0.3 is 48.3 Å². The van der Waals surface area contributed by atoms with Crippen molar-refractivity contribution in [2.75, 3.05) is 22.1 Å². The number of phenolic OH excluding ortho intramolecular Hbond substituents is 3. The zero-order valence-electron chi connectivity index (χ0n) is 66.3. The maximum Gasteiger partial charge on any atom is 0.416 e. The summed E-state index contributed by atoms with van der Waals surface area (Å²) in [5, 5.41) is 52.0. The number of imidazole rings is 3. The Labute approximate surface area is 697 Å². The van der Waals surface area contributed by atoms with Crippen LogP contribution < -0.4 is 22.1 Å². The highest BCUT2D eigenvalue weighted by Gasteiger charge is 2.32. The number of fused-ring (bicyclic) bond motifs is 7. The molecule has 0 bridgehead atoms. The van der Waals surface area contributed by atoms with Crippen molar-refractivity contribution in [1.82, 2.24) is 48.6 Å². The van der Waals surface area contributed by atoms with Gasteiger partial charge in [0, 0.05) is 27.2 Å². The van der Waals surface area contributed by atoms with Crippen LogP contribution in [0.15, 0.2) is 206 Å². The number of aromatic hydroxyl groups is 3. The molecule has 0 atom stereocenters. The second kappa shape index (κ2) is 41.3. The number of carbonyl (C=O) groups is 1. The number of carbonyl (C=O) groups excluding carboxylic acids is 4. The number of nitrogens with one attached hydrogen (secondary N) is 3. The number of anilines is 6. The van der Waals surface area contributed by atoms with Crippen LogP contribution in [0.4, 0.5) is 67.6 Å². The lowest BCUT2D eigenvalue weighted by Gasteiger charge is -2.04. The summed E-state index contributed by atoms with van der Waals surface area (Å²) in [4.78, 5) is 81.8. The Hall–Kier alpha value is -15.2. The summed E-state index contributed by atoms with van der Waals surface area (Å²) in [7, 11) is 5.46. The fourth-order valence-corrected chi connectivity index (χ4v) is 11.5. The smallest absolute Gasteiger partial charge is 0.416 e. The Kier molecular flexibility index (Phi) is 31.2. The van der Waals surface area contributed by atoms with Gasteiger partial charge in [-0.2, -0.15) is 60.5 Å². The van der Waals surface area contributed by atoms with Gasteiger partial charge < -0.3 is 68.2 Å². The van der Waals surface area contributed by atoms with E-state index in [0.717, 1.165) is 104 Å². The molecule has 38 heteroatoms. The Morgan fingerprint density at radius 3 is 1.42 bits per heavy atom. The maximum atomic E-state index is 12.8. The number of rotatable bonds is 8. The largest absolute Gasteiger partial charge is 0.508 e. The molecule has 0 unspecified atom stereocenters. The van der Waals surface area contributed by atoms with Crippen molar-refractivity contribution < 1.29 is 93.3 Å². The molecule has 0 fully saturated rings. The van der Waals surface area contributed by atoms with Gasteiger partial charge in [0.05, 0.1) is 65.9 Å². The minimum absolute atomic E-state index is 0.0146. The van der Waals surface area contributed by atoms with Crippen molar-refractivity contribution >= 4 is 161 Å². The number of nitro benzene ring substituents is 1. The van der Waals surface area contributed by atoms with E-state index >= 15 is 0 Å². The van der Waals surface area contributed by atoms with Gasteiger partial charge in [0.25, 0.3) is 10.2 Å². The van der Waals surface area contributed by atoms with Crippen LogP contribution >= 0.6 is 23.8 Å². The summed E-state index contributed by atoms with van der Waals surface area (Å²) in [6, 6.07) is 51.3. The van der Waals surface area contributed by atoms with Crippen LogP contribution in [0.1, 0.15) is 74.3 Å². The number of alkyl halides is 6. The standard InChI is InChI=1S/C18H15F3N4O.C17H11F3N4O3.C10H13N3.C8H6ClNO.C8H7NOS.C7H7NO3.C7H9NO.C7H8O.2CO2/c1-3-10-4-7-14-13(8-10)22-16(25(14)2)24-17-23-12-6-5-11(18(19,20)21)9-15(12)26-17;1-24-12-5-2-8(14(25)26)6-11(12)21-15(24)23-16-22-10-4-3-9(17(18,19)20)7-13(10)27-16;1-3-7-4-5-9-8(6-7)12-10(11)13(9)2;1-5-2-3-6-7(4-5)11-8(9)10-6;1-5-2-3-6-7(4-5)10-8(11)9-6;1-5-2-3-6(8(10)11)7(9)4-5;1-5-2-3-6(8)7(9)4-5;1-6-3-2-4-7(8)5-6;2*2-1-3/h4-9H,3H2,1-2H3,(H,22,23,24);2-7H,1H3,(H,25,26)(H,21,22,23);4-6H,3H2,1-2H3,(H2,11,12);2-4H,1H3;2-4H,1H3,(H,9,11);2-4,9H,1H3;2-4,9H,8H2,1H3;2-5,8H,1H3;;. The van der Waals surface area contributed by atoms with E-state index in [9.17, 15) is 41.3 Å². The number of oxazole rings is 4. The molecule has 0 saturated heterocycles. The summed E-state index contributed by atoms with van der Waals surface area (Å²) in [5.74, 6) is 0.515. The quantitative estimate of drug-likeness (QED) is 0.0170. The number of aromatic nitrogens is 10. The molecule has 632 valence electrons. The van der Waals surface area contributed by atoms with Gasteiger partial charge in [0.2, 0.25) is 17.8 Å². The monoisotopic (exact) mass is 1720 g/mol. The zero-order chi connectivity index (χ0) is 89.6. The number of carboxylic acid groups (broad SMARTS) is 1. The summed E-state index contributed by atoms with van der Waals surface area (Å²) in [5.41, 5.74) is 26.3. The molecule has 0 amide bonds. The average molecular weight is 1720 g/mol. The van der Waals surface area contributed by atoms with E-state index in [4.69, 9.17) is 92.6 Å². The van der Waals surface area contributed by atoms with E-state index in [1.807, 2.05) is 124 Å². The predicted molar refractivity (Wildman–Crippen MR) is 446 cm³/mol. The molecule has 0 aliphatic rings. The van der Waals surface area contributed by atoms with Gasteiger partial charge in [0.15, 0.2) is 28.1 Å². The summed E-state index contributed by atoms with van der Waals surface area (Å²) >= 11 is 10.4. The highest BCUT2D eigenvalue weighted by Crippen LogP contribution is 2.36. The van der Waals surface area contributed by atoms with Gasteiger partial charge in [-0.3, -0.25) is 20.7 Å². The lowest BCUT2D eigenvalue weighted by Crippen LogP contribution is -2.03. The van der Waals surface area contributed by atoms with E-state index in [2.05, 4.69) is 77.6 Å². The lowest BCUT2D eigenvalue weighted by molar-refractivity contribution is -0.385. The Bertz CT molecular complexity index is 6670. The Morgan fingerprint density at radius 2 is 0.951 bits per heavy atom. The van der Waals surface area contributed by atoms with Gasteiger partial charge in [-0.1, -0.05) is 62.4 Å². The first-order chi connectivity index (χ1) is 57.7. The molecule has 0 aliphatic carbocycles. The fourth-order valence-electron chi connectivity index (χ4n) is 11.1. The van der Waals surface area contributed by atoms with Gasteiger partial charge in [-0.25, -0.2) is 19.7 Å². The van der Waals surface area contributed by atoms with Crippen LogP contribution in [0.3, 0.4) is 0 Å². The number of aromatic amines is 1. The van der Waals surface area contributed by atoms with E-state index in [0.29, 0.717) is 50.7 Å². The highest BCUT2D eigenvalue weighted by atomic mass is 35.5. The number of nitrogens with zero attached hydrogens (tertiary/aromatic N) is 10. The molecule has 10 aromatic carbocycles. The number of hydrogen-bond donors (Lipinski definition) is 9. The fraction of sp³-hybridized carbons (Fsp3) is 0.167. The molecule has 0 saturated carbocycles. The third-order valence-corrected chi connectivity index (χ3v) is 17.7. The van der Waals surface area contributed by atoms with Crippen molar-refractivity contribution in [2.24, 2.45) is 21.1 Å². The van der Waals surface area contributed by atoms with Crippen LogP contribution in [-0.2, 0) is 65.5 Å². The van der Waals surface area contributed by atoms with Crippen molar-refractivity contribution in [3.8, 4) is 17.2 Å². The Balaban J connectivity index is 0.000000178. The zero-order valence-corrected chi connectivity index (χ0v) is 67.8. The van der Waals surface area contributed by atoms with Gasteiger partial charge in [-0.05, 0) is 244 Å². The molecule has 0 aliphatic heterocycles. The van der Waals surface area contributed by atoms with Crippen LogP contribution in [0, 0.1) is 49.6 Å². The third kappa shape index (κ3) is 25.2. The van der Waals surface area contributed by atoms with Crippen molar-refractivity contribution in [1.29, 1.82) is 0 Å². The SMILES string of the molecule is CCc1ccc2c(c1)nc(N)n2C.CCc1ccc2c(c1)nc(Nc1nc3ccc(C(F)(F)F)cc3o1)n2C.Cc1ccc(N)c(O)c1.Cc1ccc([N+](=O)[O-])c(O)c1.Cc1ccc2[nH]c(=S)oc2c1.Cc1ccc2nc(Cl)oc2c1.Cc1cccc(O)c1.Cn1c(Nc2nc3ccc(C(F)(F)F)cc3o2)nc2cc(C(=O)O)ccc21.O=C=O.O=C=O. The summed E-state index contributed by atoms with van der Waals surface area (Å²) in [6.45, 7) is 13.8. The molecule has 0 radical (unpaired) electrons. The minimum atomic E-state index is -4.48. The van der Waals surface area contributed by atoms with E-state index in [1.165, 1.54) is 53.1 Å². The number of carboxylic acids is 1. The van der Waals surface area contributed by atoms with Crippen molar-refractivity contribution in [3.63, 3.8) is 0 Å². The van der Waals surface area contributed by atoms with Gasteiger partial charge in [-0.15, -0.1) is 0 Å². The normalized spacial score (nSPS) is 10.6. The first-order valence-corrected chi connectivity index (χ1v) is 36.7. The molecule has 30 nitrogen and oxygen atoms in total. The number of nitrogen functional groups attached to an aromatic ring is 2. The van der Waals surface area contributed by atoms with Crippen LogP contribution in [0.25, 0.3) is 77.5 Å². The van der Waals surface area contributed by atoms with E-state index in [1.54, 1.807) is 54.9 Å². The molecule has 17 rings (SSSR count). The highest BCUT2D eigenvalue weighted by molar-refractivity contribution is 7.71. The maximum absolute atomic E-state index is 12.8. The number of nitrogens with two attached hydrogens (primary N) is 2. The topological polar surface area (TPSA) is 446 Å². The first-order valence-electron chi connectivity index (χ1n) is 35.9. The second-order valence-corrected chi connectivity index (χ2v) is 27.0. The number of aromatic carboxylic acids is 1. The summed E-state index contributed by atoms with van der Waals surface area (Å²) < 4.78 is 103. The van der Waals surface area contributed by atoms with Crippen molar-refractivity contribution in [2.45, 2.75) is 73.7 Å². The number of nitro groups is 1. The number of aryl methyl sites for hydroxylation is 10. The predicted octanol–water partition coefficient (Wildman–Crippen LogP) is 19.9. The lowest BCUT2D eigenvalue weighted by atomic mass is 10.1. The van der Waals surface area contributed by atoms with E-state index in [-0.39, 0.29) is 69.1 Å². The number of H-pyrrole nitrogens is 1. The number of phenols is 3. The molecular weight excluding hydrogens is 1640 g/mol. The van der Waals surface area contributed by atoms with Crippen LogP contribution in [-0.4, -0.2) is 92.2 Å².